The first-order valence-corrected chi connectivity index (χ1v) is 10.3. The average molecular weight is 511 g/mol. The van der Waals surface area contributed by atoms with Gasteiger partial charge >= 0.3 is 0 Å². The van der Waals surface area contributed by atoms with Crippen LogP contribution in [0.1, 0.15) is 26.2 Å². The molecule has 0 aromatic carbocycles. The molecule has 0 aliphatic carbocycles. The van der Waals surface area contributed by atoms with Crippen molar-refractivity contribution in [3.05, 3.63) is 0 Å². The number of aliphatic imine (C=N–C) groups is 1. The van der Waals surface area contributed by atoms with Gasteiger partial charge in [0.05, 0.1) is 0 Å². The van der Waals surface area contributed by atoms with Gasteiger partial charge in [-0.1, -0.05) is 0 Å². The normalized spacial score (nSPS) is 19.2. The van der Waals surface area contributed by atoms with E-state index < -0.39 is 0 Å². The number of piperazine rings is 1. The largest absolute Gasteiger partial charge is 0.381 e. The minimum Gasteiger partial charge on any atom is -0.381 e. The van der Waals surface area contributed by atoms with Crippen LogP contribution in [0.25, 0.3) is 0 Å². The minimum atomic E-state index is 0. The molecule has 8 nitrogen and oxygen atoms in total. The number of amides is 1. The van der Waals surface area contributed by atoms with Gasteiger partial charge in [-0.3, -0.25) is 14.7 Å². The maximum Gasteiger partial charge on any atom is 0.219 e. The Hall–Kier alpha value is -0.650. The van der Waals surface area contributed by atoms with Gasteiger partial charge in [-0.05, 0) is 25.2 Å². The Labute approximate surface area is 186 Å². The molecule has 0 bridgehead atoms. The molecule has 1 amide bonds. The molecule has 164 valence electrons. The fourth-order valence-corrected chi connectivity index (χ4v) is 3.38. The molecule has 2 rings (SSSR count). The van der Waals surface area contributed by atoms with Crippen molar-refractivity contribution in [3.8, 4) is 0 Å². The number of carbonyl (C=O) groups is 1. The summed E-state index contributed by atoms with van der Waals surface area (Å²) >= 11 is 0. The van der Waals surface area contributed by atoms with E-state index in [9.17, 15) is 4.79 Å². The molecule has 2 aliphatic rings. The number of hydrogen-bond acceptors (Lipinski definition) is 5. The van der Waals surface area contributed by atoms with Crippen molar-refractivity contribution in [2.24, 2.45) is 10.9 Å². The number of hydrogen-bond donors (Lipinski definition) is 2. The van der Waals surface area contributed by atoms with Crippen LogP contribution in [0.2, 0.25) is 0 Å². The summed E-state index contributed by atoms with van der Waals surface area (Å²) in [6.45, 7) is 11.2. The van der Waals surface area contributed by atoms with Gasteiger partial charge in [0, 0.05) is 86.2 Å². The van der Waals surface area contributed by atoms with Gasteiger partial charge in [-0.25, -0.2) is 0 Å². The van der Waals surface area contributed by atoms with Crippen LogP contribution in [0.15, 0.2) is 4.99 Å². The lowest BCUT2D eigenvalue weighted by molar-refractivity contribution is -0.130. The van der Waals surface area contributed by atoms with Crippen molar-refractivity contribution >= 4 is 35.8 Å². The molecule has 0 saturated carbocycles. The zero-order valence-electron chi connectivity index (χ0n) is 17.5. The van der Waals surface area contributed by atoms with E-state index >= 15 is 0 Å². The van der Waals surface area contributed by atoms with Crippen LogP contribution >= 0.6 is 24.0 Å². The highest BCUT2D eigenvalue weighted by molar-refractivity contribution is 14.0. The summed E-state index contributed by atoms with van der Waals surface area (Å²) in [5, 5.41) is 6.69. The molecular formula is C19H38IN5O3. The fourth-order valence-electron chi connectivity index (χ4n) is 3.38. The Bertz CT molecular complexity index is 453. The third kappa shape index (κ3) is 10.2. The molecule has 0 aromatic heterocycles. The standard InChI is InChI=1S/C19H37N5O3.HI/c1-17(25)24-11-9-23(10-12-24)8-7-22-19(20-2)21-6-3-13-27-16-18-4-14-26-15-5-18;/h18H,3-16H2,1-2H3,(H2,20,21,22);1H. The van der Waals surface area contributed by atoms with Gasteiger partial charge in [-0.2, -0.15) is 0 Å². The van der Waals surface area contributed by atoms with Crippen molar-refractivity contribution in [3.63, 3.8) is 0 Å². The number of nitrogens with one attached hydrogen (secondary N) is 2. The van der Waals surface area contributed by atoms with Crippen molar-refractivity contribution < 1.29 is 14.3 Å². The molecule has 2 fully saturated rings. The van der Waals surface area contributed by atoms with Crippen molar-refractivity contribution in [1.82, 2.24) is 20.4 Å². The first kappa shape index (κ1) is 25.4. The van der Waals surface area contributed by atoms with E-state index in [-0.39, 0.29) is 29.9 Å². The molecule has 0 spiro atoms. The van der Waals surface area contributed by atoms with E-state index in [1.807, 2.05) is 4.90 Å². The predicted octanol–water partition coefficient (Wildman–Crippen LogP) is 0.767. The van der Waals surface area contributed by atoms with E-state index in [2.05, 4.69) is 20.5 Å². The summed E-state index contributed by atoms with van der Waals surface area (Å²) in [5.41, 5.74) is 0. The highest BCUT2D eigenvalue weighted by Gasteiger charge is 2.18. The second-order valence-electron chi connectivity index (χ2n) is 7.26. The second-order valence-corrected chi connectivity index (χ2v) is 7.26. The topological polar surface area (TPSA) is 78.4 Å². The van der Waals surface area contributed by atoms with Gasteiger partial charge in [0.15, 0.2) is 5.96 Å². The molecule has 2 saturated heterocycles. The zero-order valence-corrected chi connectivity index (χ0v) is 19.8. The van der Waals surface area contributed by atoms with E-state index in [4.69, 9.17) is 9.47 Å². The summed E-state index contributed by atoms with van der Waals surface area (Å²) in [4.78, 5) is 19.9. The predicted molar refractivity (Wildman–Crippen MR) is 122 cm³/mol. The first-order valence-electron chi connectivity index (χ1n) is 10.3. The Kier molecular flexibility index (Phi) is 13.8. The van der Waals surface area contributed by atoms with Crippen molar-refractivity contribution in [1.29, 1.82) is 0 Å². The lowest BCUT2D eigenvalue weighted by Gasteiger charge is -2.34. The van der Waals surface area contributed by atoms with Crippen LogP contribution in [-0.2, 0) is 14.3 Å². The second kappa shape index (κ2) is 15.2. The molecule has 2 heterocycles. The summed E-state index contributed by atoms with van der Waals surface area (Å²) < 4.78 is 11.1. The van der Waals surface area contributed by atoms with E-state index in [0.717, 1.165) is 97.5 Å². The summed E-state index contributed by atoms with van der Waals surface area (Å²) in [6.07, 6.45) is 3.22. The maximum atomic E-state index is 11.4. The number of nitrogens with zero attached hydrogens (tertiary/aromatic N) is 3. The van der Waals surface area contributed by atoms with Gasteiger partial charge in [0.25, 0.3) is 0 Å². The smallest absolute Gasteiger partial charge is 0.219 e. The highest BCUT2D eigenvalue weighted by Crippen LogP contribution is 2.14. The minimum absolute atomic E-state index is 0. The Morgan fingerprint density at radius 2 is 1.82 bits per heavy atom. The number of guanidine groups is 1. The van der Waals surface area contributed by atoms with Crippen LogP contribution < -0.4 is 10.6 Å². The molecule has 9 heteroatoms. The van der Waals surface area contributed by atoms with Crippen LogP contribution in [0.3, 0.4) is 0 Å². The number of halogens is 1. The summed E-state index contributed by atoms with van der Waals surface area (Å²) in [5.74, 6) is 1.68. The molecule has 0 aromatic rings. The lowest BCUT2D eigenvalue weighted by atomic mass is 10.0. The highest BCUT2D eigenvalue weighted by atomic mass is 127. The fraction of sp³-hybridized carbons (Fsp3) is 0.895. The Balaban J connectivity index is 0.00000392. The van der Waals surface area contributed by atoms with Gasteiger partial charge < -0.3 is 25.0 Å². The van der Waals surface area contributed by atoms with Crippen molar-refractivity contribution in [2.75, 3.05) is 79.3 Å². The molecule has 0 radical (unpaired) electrons. The lowest BCUT2D eigenvalue weighted by Crippen LogP contribution is -2.50. The molecule has 0 atom stereocenters. The van der Waals surface area contributed by atoms with Crippen LogP contribution in [0.5, 0.6) is 0 Å². The third-order valence-corrected chi connectivity index (χ3v) is 5.21. The Morgan fingerprint density at radius 3 is 2.46 bits per heavy atom. The molecule has 2 N–H and O–H groups in total. The van der Waals surface area contributed by atoms with Crippen LogP contribution in [0.4, 0.5) is 0 Å². The maximum absolute atomic E-state index is 11.4. The van der Waals surface area contributed by atoms with E-state index in [1.165, 1.54) is 0 Å². The quantitative estimate of drug-likeness (QED) is 0.206. The number of carbonyl (C=O) groups excluding carboxylic acids is 1. The summed E-state index contributed by atoms with van der Waals surface area (Å²) in [6, 6.07) is 0. The van der Waals surface area contributed by atoms with Crippen LogP contribution in [0, 0.1) is 5.92 Å². The van der Waals surface area contributed by atoms with Gasteiger partial charge in [0.1, 0.15) is 0 Å². The number of ether oxygens (including phenoxy) is 2. The van der Waals surface area contributed by atoms with Crippen molar-refractivity contribution in [2.45, 2.75) is 26.2 Å². The average Bonchev–Trinajstić information content (AvgIpc) is 2.70. The van der Waals surface area contributed by atoms with E-state index in [0.29, 0.717) is 5.92 Å². The van der Waals surface area contributed by atoms with E-state index in [1.54, 1.807) is 14.0 Å². The molecule has 28 heavy (non-hydrogen) atoms. The molecular weight excluding hydrogens is 473 g/mol. The first-order chi connectivity index (χ1) is 13.2. The van der Waals surface area contributed by atoms with Gasteiger partial charge in [0.2, 0.25) is 5.91 Å². The molecule has 2 aliphatic heterocycles. The van der Waals surface area contributed by atoms with Crippen LogP contribution in [-0.4, -0.2) is 101 Å². The monoisotopic (exact) mass is 511 g/mol. The SMILES string of the molecule is CN=C(NCCCOCC1CCOCC1)NCCN1CCN(C(C)=O)CC1.I. The zero-order chi connectivity index (χ0) is 19.3. The number of rotatable bonds is 9. The van der Waals surface area contributed by atoms with Gasteiger partial charge in [-0.15, -0.1) is 24.0 Å². The summed E-state index contributed by atoms with van der Waals surface area (Å²) in [7, 11) is 1.79. The molecule has 0 unspecified atom stereocenters. The Morgan fingerprint density at radius 1 is 1.14 bits per heavy atom. The third-order valence-electron chi connectivity index (χ3n) is 5.21.